The number of thiazole rings is 1. The van der Waals surface area contributed by atoms with Crippen LogP contribution in [0.1, 0.15) is 20.3 Å². The van der Waals surface area contributed by atoms with Gasteiger partial charge in [-0.25, -0.2) is 4.98 Å². The fourth-order valence-electron chi connectivity index (χ4n) is 1.38. The minimum Gasteiger partial charge on any atom is -0.361 e. The molecule has 16 heavy (non-hydrogen) atoms. The van der Waals surface area contributed by atoms with E-state index in [1.165, 1.54) is 6.42 Å². The van der Waals surface area contributed by atoms with Crippen LogP contribution in [0.5, 0.6) is 0 Å². The zero-order valence-electron chi connectivity index (χ0n) is 9.46. The molecule has 0 radical (unpaired) electrons. The van der Waals surface area contributed by atoms with Crippen LogP contribution in [0.25, 0.3) is 10.2 Å². The fraction of sp³-hybridized carbons (Fsp3) is 0.417. The molecule has 1 aromatic heterocycles. The number of hydrogen-bond acceptors (Lipinski definition) is 3. The Balaban J connectivity index is 2.13. The maximum Gasteiger partial charge on any atom is 0.183 e. The number of nitrogens with zero attached hydrogens (tertiary/aromatic N) is 1. The summed E-state index contributed by atoms with van der Waals surface area (Å²) in [6.45, 7) is 5.41. The molecule has 86 valence electrons. The van der Waals surface area contributed by atoms with E-state index in [1.807, 2.05) is 18.2 Å². The van der Waals surface area contributed by atoms with Gasteiger partial charge < -0.3 is 5.32 Å². The molecular formula is C12H15ClN2S. The van der Waals surface area contributed by atoms with Gasteiger partial charge in [-0.05, 0) is 24.1 Å². The summed E-state index contributed by atoms with van der Waals surface area (Å²) in [5.41, 5.74) is 1.01. The summed E-state index contributed by atoms with van der Waals surface area (Å²) in [7, 11) is 0. The number of anilines is 1. The third-order valence-corrected chi connectivity index (χ3v) is 3.86. The summed E-state index contributed by atoms with van der Waals surface area (Å²) in [4.78, 5) is 4.51. The average molecular weight is 255 g/mol. The molecule has 4 heteroatoms. The molecule has 0 spiro atoms. The molecule has 0 fully saturated rings. The highest BCUT2D eigenvalue weighted by atomic mass is 35.5. The Hall–Kier alpha value is -0.800. The molecule has 0 amide bonds. The van der Waals surface area contributed by atoms with Crippen LogP contribution < -0.4 is 5.32 Å². The molecule has 2 rings (SSSR count). The van der Waals surface area contributed by atoms with Crippen LogP contribution >= 0.6 is 22.9 Å². The Kier molecular flexibility index (Phi) is 3.66. The summed E-state index contributed by atoms with van der Waals surface area (Å²) in [5, 5.41) is 5.12. The largest absolute Gasteiger partial charge is 0.361 e. The Morgan fingerprint density at radius 3 is 3.06 bits per heavy atom. The summed E-state index contributed by atoms with van der Waals surface area (Å²) in [6.07, 6.45) is 1.18. The van der Waals surface area contributed by atoms with Crippen molar-refractivity contribution in [1.29, 1.82) is 0 Å². The minimum absolute atomic E-state index is 0.676. The summed E-state index contributed by atoms with van der Waals surface area (Å²) in [5.74, 6) is 0.676. The van der Waals surface area contributed by atoms with E-state index in [4.69, 9.17) is 11.6 Å². The van der Waals surface area contributed by atoms with Gasteiger partial charge in [0, 0.05) is 11.6 Å². The lowest BCUT2D eigenvalue weighted by molar-refractivity contribution is 0.593. The lowest BCUT2D eigenvalue weighted by atomic mass is 10.1. The first kappa shape index (κ1) is 11.7. The molecule has 0 aliphatic carbocycles. The Labute approximate surface area is 105 Å². The van der Waals surface area contributed by atoms with Crippen LogP contribution in [-0.2, 0) is 0 Å². The highest BCUT2D eigenvalue weighted by molar-refractivity contribution is 7.22. The number of fused-ring (bicyclic) bond motifs is 1. The van der Waals surface area contributed by atoms with E-state index in [-0.39, 0.29) is 0 Å². The molecular weight excluding hydrogens is 240 g/mol. The lowest BCUT2D eigenvalue weighted by Gasteiger charge is -2.07. The van der Waals surface area contributed by atoms with Crippen molar-refractivity contribution in [2.75, 3.05) is 11.9 Å². The van der Waals surface area contributed by atoms with E-state index < -0.39 is 0 Å². The Morgan fingerprint density at radius 1 is 1.50 bits per heavy atom. The third kappa shape index (κ3) is 2.66. The highest BCUT2D eigenvalue weighted by Crippen LogP contribution is 2.28. The molecule has 0 aliphatic heterocycles. The van der Waals surface area contributed by atoms with Crippen LogP contribution in [0.3, 0.4) is 0 Å². The number of nitrogens with one attached hydrogen (secondary N) is 1. The minimum atomic E-state index is 0.676. The van der Waals surface area contributed by atoms with Gasteiger partial charge >= 0.3 is 0 Å². The van der Waals surface area contributed by atoms with Crippen molar-refractivity contribution in [2.45, 2.75) is 20.3 Å². The predicted octanol–water partition coefficient (Wildman–Crippen LogP) is 4.41. The van der Waals surface area contributed by atoms with Crippen molar-refractivity contribution in [2.24, 2.45) is 5.92 Å². The molecule has 1 unspecified atom stereocenters. The van der Waals surface area contributed by atoms with E-state index in [1.54, 1.807) is 11.3 Å². The summed E-state index contributed by atoms with van der Waals surface area (Å²) in [6, 6.07) is 5.80. The number of rotatable bonds is 4. The Bertz CT molecular complexity index is 481. The van der Waals surface area contributed by atoms with Gasteiger partial charge in [-0.1, -0.05) is 43.2 Å². The quantitative estimate of drug-likeness (QED) is 0.874. The van der Waals surface area contributed by atoms with Gasteiger partial charge in [-0.15, -0.1) is 0 Å². The number of benzene rings is 1. The van der Waals surface area contributed by atoms with Gasteiger partial charge in [0.15, 0.2) is 5.13 Å². The molecule has 0 aliphatic rings. The highest BCUT2D eigenvalue weighted by Gasteiger charge is 2.05. The van der Waals surface area contributed by atoms with Gasteiger partial charge in [0.2, 0.25) is 0 Å². The molecule has 0 saturated heterocycles. The molecule has 1 heterocycles. The van der Waals surface area contributed by atoms with Gasteiger partial charge in [-0.2, -0.15) is 0 Å². The third-order valence-electron chi connectivity index (χ3n) is 2.65. The molecule has 0 bridgehead atoms. The summed E-state index contributed by atoms with van der Waals surface area (Å²) < 4.78 is 1.14. The van der Waals surface area contributed by atoms with Crippen LogP contribution in [0, 0.1) is 5.92 Å². The second-order valence-electron chi connectivity index (χ2n) is 4.03. The smallest absolute Gasteiger partial charge is 0.183 e. The maximum absolute atomic E-state index is 5.94. The van der Waals surface area contributed by atoms with Crippen molar-refractivity contribution in [3.8, 4) is 0 Å². The van der Waals surface area contributed by atoms with Crippen molar-refractivity contribution < 1.29 is 0 Å². The normalized spacial score (nSPS) is 12.9. The molecule has 1 N–H and O–H groups in total. The standard InChI is InChI=1S/C12H15ClN2S/c1-3-8(2)7-14-12-15-10-5-4-9(13)6-11(10)16-12/h4-6,8H,3,7H2,1-2H3,(H,14,15). The van der Waals surface area contributed by atoms with Crippen LogP contribution in [0.2, 0.25) is 5.02 Å². The number of hydrogen-bond donors (Lipinski definition) is 1. The monoisotopic (exact) mass is 254 g/mol. The maximum atomic E-state index is 5.94. The summed E-state index contributed by atoms with van der Waals surface area (Å²) >= 11 is 7.59. The molecule has 2 nitrogen and oxygen atoms in total. The second-order valence-corrected chi connectivity index (χ2v) is 5.49. The van der Waals surface area contributed by atoms with E-state index in [0.717, 1.165) is 26.9 Å². The zero-order chi connectivity index (χ0) is 11.5. The molecule has 2 aromatic rings. The predicted molar refractivity (Wildman–Crippen MR) is 72.6 cm³/mol. The van der Waals surface area contributed by atoms with Gasteiger partial charge in [0.25, 0.3) is 0 Å². The van der Waals surface area contributed by atoms with Crippen LogP contribution in [0.4, 0.5) is 5.13 Å². The van der Waals surface area contributed by atoms with Crippen molar-refractivity contribution in [3.63, 3.8) is 0 Å². The van der Waals surface area contributed by atoms with E-state index in [9.17, 15) is 0 Å². The fourth-order valence-corrected chi connectivity index (χ4v) is 2.53. The molecule has 1 aromatic carbocycles. The average Bonchev–Trinajstić information content (AvgIpc) is 2.67. The van der Waals surface area contributed by atoms with Crippen molar-refractivity contribution >= 4 is 38.3 Å². The second kappa shape index (κ2) is 5.02. The van der Waals surface area contributed by atoms with Gasteiger partial charge in [-0.3, -0.25) is 0 Å². The first-order chi connectivity index (χ1) is 7.69. The van der Waals surface area contributed by atoms with Crippen LogP contribution in [0.15, 0.2) is 18.2 Å². The number of aromatic nitrogens is 1. The topological polar surface area (TPSA) is 24.9 Å². The van der Waals surface area contributed by atoms with Crippen LogP contribution in [-0.4, -0.2) is 11.5 Å². The first-order valence-corrected chi connectivity index (χ1v) is 6.68. The Morgan fingerprint density at radius 2 is 2.31 bits per heavy atom. The number of halogens is 1. The van der Waals surface area contributed by atoms with E-state index in [0.29, 0.717) is 5.92 Å². The SMILES string of the molecule is CCC(C)CNc1nc2ccc(Cl)cc2s1. The van der Waals surface area contributed by atoms with E-state index >= 15 is 0 Å². The van der Waals surface area contributed by atoms with Gasteiger partial charge in [0.1, 0.15) is 0 Å². The van der Waals surface area contributed by atoms with Crippen molar-refractivity contribution in [3.05, 3.63) is 23.2 Å². The zero-order valence-corrected chi connectivity index (χ0v) is 11.0. The van der Waals surface area contributed by atoms with Gasteiger partial charge in [0.05, 0.1) is 10.2 Å². The molecule has 1 atom stereocenters. The van der Waals surface area contributed by atoms with E-state index in [2.05, 4.69) is 24.1 Å². The molecule has 0 saturated carbocycles. The van der Waals surface area contributed by atoms with Crippen molar-refractivity contribution in [1.82, 2.24) is 4.98 Å². The first-order valence-electron chi connectivity index (χ1n) is 5.49. The lowest BCUT2D eigenvalue weighted by Crippen LogP contribution is -2.09.